The third kappa shape index (κ3) is 8.46. The molecule has 0 fully saturated rings. The molecule has 0 heterocycles. The Bertz CT molecular complexity index is 896. The molecule has 1 atom stereocenters. The van der Waals surface area contributed by atoms with Gasteiger partial charge in [0.2, 0.25) is 0 Å². The van der Waals surface area contributed by atoms with E-state index in [1.807, 2.05) is 0 Å². The average Bonchev–Trinajstić information content (AvgIpc) is 2.77. The Hall–Kier alpha value is -3.27. The number of carbonyl (C=O) groups excluding carboxylic acids is 3. The van der Waals surface area contributed by atoms with Crippen molar-refractivity contribution in [3.05, 3.63) is 59.7 Å². The highest BCUT2D eigenvalue weighted by atomic mass is 16.6. The highest BCUT2D eigenvalue weighted by Gasteiger charge is 2.17. The van der Waals surface area contributed by atoms with Crippen molar-refractivity contribution in [3.63, 3.8) is 0 Å². The highest BCUT2D eigenvalue weighted by molar-refractivity contribution is 6.10. The van der Waals surface area contributed by atoms with E-state index in [9.17, 15) is 19.5 Å². The Labute approximate surface area is 185 Å². The monoisotopic (exact) mass is 446 g/mol. The number of ketones is 1. The molecular weight excluding hydrogens is 420 g/mol. The number of benzene rings is 2. The topological polar surface area (TPSA) is 129 Å². The molecule has 0 aliphatic heterocycles. The number of hydrogen-bond acceptors (Lipinski definition) is 9. The summed E-state index contributed by atoms with van der Waals surface area (Å²) < 4.78 is 20.4. The molecule has 0 aliphatic rings. The third-order valence-corrected chi connectivity index (χ3v) is 4.11. The Kier molecular flexibility index (Phi) is 10.3. The van der Waals surface area contributed by atoms with Gasteiger partial charge in [0.15, 0.2) is 5.78 Å². The fourth-order valence-electron chi connectivity index (χ4n) is 2.61. The van der Waals surface area contributed by atoms with Crippen LogP contribution in [-0.2, 0) is 23.8 Å². The van der Waals surface area contributed by atoms with Gasteiger partial charge in [-0.15, -0.1) is 0 Å². The number of aromatic hydroxyl groups is 1. The molecule has 0 spiro atoms. The molecule has 0 saturated heterocycles. The smallest absolute Gasteiger partial charge is 0.322 e. The lowest BCUT2D eigenvalue weighted by atomic mass is 10.0. The Morgan fingerprint density at radius 1 is 0.969 bits per heavy atom. The summed E-state index contributed by atoms with van der Waals surface area (Å²) in [4.78, 5) is 36.1. The van der Waals surface area contributed by atoms with Crippen LogP contribution in [0.25, 0.3) is 0 Å². The van der Waals surface area contributed by atoms with E-state index < -0.39 is 18.4 Å². The van der Waals surface area contributed by atoms with Gasteiger partial charge >= 0.3 is 11.9 Å². The maximum Gasteiger partial charge on any atom is 0.322 e. The maximum atomic E-state index is 12.4. The van der Waals surface area contributed by atoms with Gasteiger partial charge in [0.25, 0.3) is 0 Å². The lowest BCUT2D eigenvalue weighted by Crippen LogP contribution is -2.21. The fraction of sp³-hybridized carbons (Fsp3) is 0.348. The zero-order chi connectivity index (χ0) is 23.3. The second-order valence-electron chi connectivity index (χ2n) is 6.73. The molecule has 0 saturated carbocycles. The van der Waals surface area contributed by atoms with Crippen LogP contribution in [0.2, 0.25) is 0 Å². The molecule has 9 nitrogen and oxygen atoms in total. The normalized spacial score (nSPS) is 11.6. The van der Waals surface area contributed by atoms with Crippen LogP contribution >= 0.6 is 0 Å². The number of phenols is 1. The van der Waals surface area contributed by atoms with Crippen molar-refractivity contribution in [1.82, 2.24) is 0 Å². The first kappa shape index (κ1) is 25.0. The number of aliphatic hydroxyl groups is 1. The van der Waals surface area contributed by atoms with E-state index in [1.165, 1.54) is 12.1 Å². The van der Waals surface area contributed by atoms with Crippen LogP contribution in [0.15, 0.2) is 48.5 Å². The van der Waals surface area contributed by atoms with Gasteiger partial charge in [-0.05, 0) is 19.1 Å². The highest BCUT2D eigenvalue weighted by Crippen LogP contribution is 2.26. The Balaban J connectivity index is 1.74. The number of esters is 2. The summed E-state index contributed by atoms with van der Waals surface area (Å²) in [6.07, 6.45) is -0.833. The van der Waals surface area contributed by atoms with E-state index >= 15 is 0 Å². The molecule has 1 unspecified atom stereocenters. The number of ether oxygens (including phenoxy) is 4. The van der Waals surface area contributed by atoms with Crippen molar-refractivity contribution in [2.24, 2.45) is 0 Å². The second-order valence-corrected chi connectivity index (χ2v) is 6.73. The van der Waals surface area contributed by atoms with E-state index in [0.29, 0.717) is 5.56 Å². The van der Waals surface area contributed by atoms with Crippen molar-refractivity contribution in [2.75, 3.05) is 33.0 Å². The van der Waals surface area contributed by atoms with Gasteiger partial charge in [-0.1, -0.05) is 30.3 Å². The van der Waals surface area contributed by atoms with E-state index in [-0.39, 0.29) is 62.0 Å². The first-order chi connectivity index (χ1) is 15.4. The summed E-state index contributed by atoms with van der Waals surface area (Å²) in [6, 6.07) is 12.3. The van der Waals surface area contributed by atoms with Gasteiger partial charge < -0.3 is 29.2 Å². The summed E-state index contributed by atoms with van der Waals surface area (Å²) in [5.74, 6) is -2.39. The summed E-state index contributed by atoms with van der Waals surface area (Å²) in [5, 5.41) is 18.8. The van der Waals surface area contributed by atoms with E-state index in [4.69, 9.17) is 24.1 Å². The molecule has 0 bridgehead atoms. The SMILES string of the molecule is CC(COCCOC(=O)CC(=O)Oc1ccc(C(=O)c2ccccc2)c(O)c1)OCCO. The zero-order valence-electron chi connectivity index (χ0n) is 17.7. The van der Waals surface area contributed by atoms with Crippen LogP contribution in [0, 0.1) is 0 Å². The first-order valence-corrected chi connectivity index (χ1v) is 10.00. The van der Waals surface area contributed by atoms with Gasteiger partial charge in [-0.2, -0.15) is 0 Å². The van der Waals surface area contributed by atoms with E-state index in [1.54, 1.807) is 37.3 Å². The molecule has 0 aliphatic carbocycles. The maximum absolute atomic E-state index is 12.4. The molecule has 2 aromatic carbocycles. The van der Waals surface area contributed by atoms with Gasteiger partial charge in [0.05, 0.1) is 38.1 Å². The summed E-state index contributed by atoms with van der Waals surface area (Å²) >= 11 is 0. The minimum Gasteiger partial charge on any atom is -0.507 e. The van der Waals surface area contributed by atoms with Crippen molar-refractivity contribution in [2.45, 2.75) is 19.4 Å². The van der Waals surface area contributed by atoms with Gasteiger partial charge in [0, 0.05) is 11.6 Å². The molecular formula is C23H26O9. The van der Waals surface area contributed by atoms with Crippen LogP contribution in [0.4, 0.5) is 0 Å². The molecule has 0 radical (unpaired) electrons. The van der Waals surface area contributed by atoms with Crippen LogP contribution in [0.5, 0.6) is 11.5 Å². The van der Waals surface area contributed by atoms with Gasteiger partial charge in [0.1, 0.15) is 24.5 Å². The summed E-state index contributed by atoms with van der Waals surface area (Å²) in [6.45, 7) is 2.26. The van der Waals surface area contributed by atoms with Gasteiger partial charge in [-0.3, -0.25) is 14.4 Å². The van der Waals surface area contributed by atoms with Crippen LogP contribution in [0.1, 0.15) is 29.3 Å². The predicted octanol–water partition coefficient (Wildman–Crippen LogP) is 1.88. The quantitative estimate of drug-likeness (QED) is 0.156. The average molecular weight is 446 g/mol. The van der Waals surface area contributed by atoms with E-state index in [0.717, 1.165) is 6.07 Å². The lowest BCUT2D eigenvalue weighted by molar-refractivity contribution is -0.151. The lowest BCUT2D eigenvalue weighted by Gasteiger charge is -2.12. The number of rotatable bonds is 13. The minimum atomic E-state index is -0.872. The van der Waals surface area contributed by atoms with Crippen LogP contribution < -0.4 is 4.74 Å². The summed E-state index contributed by atoms with van der Waals surface area (Å²) in [7, 11) is 0. The summed E-state index contributed by atoms with van der Waals surface area (Å²) in [5.41, 5.74) is 0.470. The molecule has 2 rings (SSSR count). The van der Waals surface area contributed by atoms with Crippen LogP contribution in [-0.4, -0.2) is 67.1 Å². The van der Waals surface area contributed by atoms with E-state index in [2.05, 4.69) is 0 Å². The Morgan fingerprint density at radius 2 is 1.72 bits per heavy atom. The first-order valence-electron chi connectivity index (χ1n) is 10.00. The fourth-order valence-corrected chi connectivity index (χ4v) is 2.61. The van der Waals surface area contributed by atoms with Crippen LogP contribution in [0.3, 0.4) is 0 Å². The minimum absolute atomic E-state index is 0.00916. The third-order valence-electron chi connectivity index (χ3n) is 4.11. The number of phenolic OH excluding ortho intramolecular Hbond substituents is 1. The molecule has 172 valence electrons. The predicted molar refractivity (Wildman–Crippen MR) is 113 cm³/mol. The van der Waals surface area contributed by atoms with Crippen molar-refractivity contribution >= 4 is 17.7 Å². The Morgan fingerprint density at radius 3 is 2.41 bits per heavy atom. The molecule has 2 N–H and O–H groups in total. The molecule has 2 aromatic rings. The zero-order valence-corrected chi connectivity index (χ0v) is 17.7. The number of carbonyl (C=O) groups is 3. The standard InChI is InChI=1S/C23H26O9/c1-16(30-10-9-24)15-29-11-12-31-21(26)14-22(27)32-18-7-8-19(20(25)13-18)23(28)17-5-3-2-4-6-17/h2-8,13,16,24-25H,9-12,14-15H2,1H3. The molecule has 32 heavy (non-hydrogen) atoms. The largest absolute Gasteiger partial charge is 0.507 e. The molecule has 0 amide bonds. The van der Waals surface area contributed by atoms with Crippen molar-refractivity contribution in [1.29, 1.82) is 0 Å². The van der Waals surface area contributed by atoms with Gasteiger partial charge in [-0.25, -0.2) is 0 Å². The number of aliphatic hydroxyl groups excluding tert-OH is 1. The number of hydrogen-bond donors (Lipinski definition) is 2. The van der Waals surface area contributed by atoms with Crippen molar-refractivity contribution < 1.29 is 43.5 Å². The molecule has 0 aromatic heterocycles. The second kappa shape index (κ2) is 13.2. The van der Waals surface area contributed by atoms with Crippen molar-refractivity contribution in [3.8, 4) is 11.5 Å². The molecule has 9 heteroatoms.